The third-order valence-corrected chi connectivity index (χ3v) is 4.89. The van der Waals surface area contributed by atoms with Crippen molar-refractivity contribution >= 4 is 29.0 Å². The fraction of sp³-hybridized carbons (Fsp3) is 0.278. The Morgan fingerprint density at radius 3 is 2.27 bits per heavy atom. The predicted octanol–water partition coefficient (Wildman–Crippen LogP) is 3.76. The lowest BCUT2D eigenvalue weighted by molar-refractivity contribution is -0.384. The highest BCUT2D eigenvalue weighted by Crippen LogP contribution is 2.32. The number of hydrogen-bond donors (Lipinski definition) is 0. The lowest BCUT2D eigenvalue weighted by Crippen LogP contribution is -2.33. The number of amides is 1. The summed E-state index contributed by atoms with van der Waals surface area (Å²) in [6.07, 6.45) is 0. The Bertz CT molecular complexity index is 795. The number of thioether (sulfide) groups is 1. The van der Waals surface area contributed by atoms with E-state index in [0.717, 1.165) is 4.90 Å². The van der Waals surface area contributed by atoms with Gasteiger partial charge in [-0.15, -0.1) is 11.8 Å². The summed E-state index contributed by atoms with van der Waals surface area (Å²) in [6, 6.07) is 11.4. The fourth-order valence-corrected chi connectivity index (χ4v) is 3.29. The Balaban J connectivity index is 2.10. The molecule has 0 spiro atoms. The molecular formula is C18H20N2O5S. The molecule has 0 aliphatic heterocycles. The largest absolute Gasteiger partial charge is 0.493 e. The van der Waals surface area contributed by atoms with E-state index in [4.69, 9.17) is 9.47 Å². The molecule has 0 fully saturated rings. The van der Waals surface area contributed by atoms with E-state index in [0.29, 0.717) is 17.2 Å². The quantitative estimate of drug-likeness (QED) is 0.416. The van der Waals surface area contributed by atoms with Crippen molar-refractivity contribution in [3.8, 4) is 11.5 Å². The number of non-ortho nitro benzene ring substituents is 1. The van der Waals surface area contributed by atoms with Gasteiger partial charge in [0.25, 0.3) is 5.69 Å². The Labute approximate surface area is 156 Å². The molecular weight excluding hydrogens is 356 g/mol. The van der Waals surface area contributed by atoms with Crippen LogP contribution in [-0.4, -0.2) is 37.3 Å². The summed E-state index contributed by atoms with van der Waals surface area (Å²) in [6.45, 7) is 1.80. The van der Waals surface area contributed by atoms with Crippen LogP contribution >= 0.6 is 11.8 Å². The number of ether oxygens (including phenoxy) is 2. The molecule has 0 aromatic heterocycles. The van der Waals surface area contributed by atoms with Gasteiger partial charge in [-0.3, -0.25) is 14.9 Å². The average Bonchev–Trinajstić information content (AvgIpc) is 2.66. The monoisotopic (exact) mass is 376 g/mol. The molecule has 26 heavy (non-hydrogen) atoms. The second kappa shape index (κ2) is 8.57. The summed E-state index contributed by atoms with van der Waals surface area (Å²) in [7, 11) is 4.78. The molecule has 1 amide bonds. The van der Waals surface area contributed by atoms with Crippen molar-refractivity contribution in [2.45, 2.75) is 17.1 Å². The highest BCUT2D eigenvalue weighted by Gasteiger charge is 2.21. The fourth-order valence-electron chi connectivity index (χ4n) is 2.33. The standard InChI is InChI=1S/C18H20N2O5S/c1-12(26-15-8-5-13(6-9-15)20(22)23)18(21)19(2)14-7-10-16(24-3)17(11-14)25-4/h5-12H,1-4H3. The van der Waals surface area contributed by atoms with Gasteiger partial charge in [-0.05, 0) is 31.2 Å². The number of benzene rings is 2. The number of methoxy groups -OCH3 is 2. The molecule has 0 bridgehead atoms. The third-order valence-electron chi connectivity index (χ3n) is 3.79. The van der Waals surface area contributed by atoms with Crippen LogP contribution in [0.2, 0.25) is 0 Å². The van der Waals surface area contributed by atoms with Crippen molar-refractivity contribution < 1.29 is 19.2 Å². The maximum atomic E-state index is 12.7. The number of carbonyl (C=O) groups is 1. The zero-order valence-electron chi connectivity index (χ0n) is 15.0. The van der Waals surface area contributed by atoms with Gasteiger partial charge >= 0.3 is 0 Å². The lowest BCUT2D eigenvalue weighted by atomic mass is 10.2. The van der Waals surface area contributed by atoms with Gasteiger partial charge in [0, 0.05) is 35.8 Å². The maximum absolute atomic E-state index is 12.7. The second-order valence-corrected chi connectivity index (χ2v) is 6.86. The minimum atomic E-state index is -0.451. The van der Waals surface area contributed by atoms with Crippen molar-refractivity contribution in [3.63, 3.8) is 0 Å². The molecule has 1 atom stereocenters. The van der Waals surface area contributed by atoms with Crippen LogP contribution in [0.15, 0.2) is 47.4 Å². The number of carbonyl (C=O) groups excluding carboxylic acids is 1. The van der Waals surface area contributed by atoms with Gasteiger partial charge in [0.2, 0.25) is 5.91 Å². The number of nitro groups is 1. The zero-order chi connectivity index (χ0) is 19.3. The second-order valence-electron chi connectivity index (χ2n) is 5.45. The van der Waals surface area contributed by atoms with E-state index in [2.05, 4.69) is 0 Å². The molecule has 7 nitrogen and oxygen atoms in total. The van der Waals surface area contributed by atoms with Crippen LogP contribution < -0.4 is 14.4 Å². The van der Waals surface area contributed by atoms with Crippen LogP contribution in [0, 0.1) is 10.1 Å². The van der Waals surface area contributed by atoms with Gasteiger partial charge in [0.05, 0.1) is 24.4 Å². The maximum Gasteiger partial charge on any atom is 0.269 e. The van der Waals surface area contributed by atoms with Gasteiger partial charge in [-0.25, -0.2) is 0 Å². The minimum Gasteiger partial charge on any atom is -0.493 e. The molecule has 0 aliphatic rings. The zero-order valence-corrected chi connectivity index (χ0v) is 15.8. The van der Waals surface area contributed by atoms with Crippen LogP contribution in [0.25, 0.3) is 0 Å². The Morgan fingerprint density at radius 1 is 1.12 bits per heavy atom. The number of nitrogens with zero attached hydrogens (tertiary/aromatic N) is 2. The first kappa shape index (κ1) is 19.6. The molecule has 0 N–H and O–H groups in total. The SMILES string of the molecule is COc1ccc(N(C)C(=O)C(C)Sc2ccc([N+](=O)[O-])cc2)cc1OC. The molecule has 2 aromatic carbocycles. The molecule has 0 saturated heterocycles. The molecule has 0 heterocycles. The minimum absolute atomic E-state index is 0.0239. The predicted molar refractivity (Wildman–Crippen MR) is 101 cm³/mol. The Morgan fingerprint density at radius 2 is 1.73 bits per heavy atom. The van der Waals surface area contributed by atoms with E-state index in [1.54, 1.807) is 56.3 Å². The number of anilines is 1. The van der Waals surface area contributed by atoms with Crippen LogP contribution in [-0.2, 0) is 4.79 Å². The van der Waals surface area contributed by atoms with Crippen LogP contribution in [0.1, 0.15) is 6.92 Å². The van der Waals surface area contributed by atoms with Gasteiger partial charge in [-0.2, -0.15) is 0 Å². The highest BCUT2D eigenvalue weighted by molar-refractivity contribution is 8.00. The molecule has 8 heteroatoms. The van der Waals surface area contributed by atoms with Crippen molar-refractivity contribution in [1.82, 2.24) is 0 Å². The van der Waals surface area contributed by atoms with Gasteiger partial charge in [-0.1, -0.05) is 0 Å². The number of nitro benzene ring substituents is 1. The first-order valence-electron chi connectivity index (χ1n) is 7.78. The molecule has 2 rings (SSSR count). The summed E-state index contributed by atoms with van der Waals surface area (Å²) in [5.74, 6) is 1.03. The Kier molecular flexibility index (Phi) is 6.46. The summed E-state index contributed by atoms with van der Waals surface area (Å²) in [5, 5.41) is 10.3. The van der Waals surface area contributed by atoms with Crippen LogP contribution in [0.3, 0.4) is 0 Å². The van der Waals surface area contributed by atoms with Crippen LogP contribution in [0.5, 0.6) is 11.5 Å². The number of rotatable bonds is 7. The van der Waals surface area contributed by atoms with E-state index in [1.807, 2.05) is 0 Å². The first-order chi connectivity index (χ1) is 12.4. The van der Waals surface area contributed by atoms with Gasteiger partial charge in [0.1, 0.15) is 0 Å². The molecule has 0 radical (unpaired) electrons. The van der Waals surface area contributed by atoms with Crippen LogP contribution in [0.4, 0.5) is 11.4 Å². The molecule has 1 unspecified atom stereocenters. The van der Waals surface area contributed by atoms with E-state index in [1.165, 1.54) is 31.0 Å². The van der Waals surface area contributed by atoms with Crippen molar-refractivity contribution in [3.05, 3.63) is 52.6 Å². The molecule has 0 saturated carbocycles. The average molecular weight is 376 g/mol. The van der Waals surface area contributed by atoms with Gasteiger partial charge < -0.3 is 14.4 Å². The van der Waals surface area contributed by atoms with Crippen molar-refractivity contribution in [1.29, 1.82) is 0 Å². The smallest absolute Gasteiger partial charge is 0.269 e. The van der Waals surface area contributed by atoms with E-state index in [9.17, 15) is 14.9 Å². The summed E-state index contributed by atoms with van der Waals surface area (Å²) in [5.41, 5.74) is 0.708. The summed E-state index contributed by atoms with van der Waals surface area (Å²) >= 11 is 1.34. The van der Waals surface area contributed by atoms with Gasteiger partial charge in [0.15, 0.2) is 11.5 Å². The van der Waals surface area contributed by atoms with E-state index in [-0.39, 0.29) is 16.8 Å². The molecule has 0 aliphatic carbocycles. The number of hydrogen-bond acceptors (Lipinski definition) is 6. The molecule has 2 aromatic rings. The topological polar surface area (TPSA) is 81.9 Å². The third kappa shape index (κ3) is 4.45. The van der Waals surface area contributed by atoms with Crippen molar-refractivity contribution in [2.75, 3.05) is 26.2 Å². The first-order valence-corrected chi connectivity index (χ1v) is 8.66. The summed E-state index contributed by atoms with van der Waals surface area (Å²) < 4.78 is 10.5. The van der Waals surface area contributed by atoms with Crippen molar-refractivity contribution in [2.24, 2.45) is 0 Å². The summed E-state index contributed by atoms with van der Waals surface area (Å²) in [4.78, 5) is 25.3. The Hall–Kier alpha value is -2.74. The molecule has 138 valence electrons. The van der Waals surface area contributed by atoms with E-state index >= 15 is 0 Å². The lowest BCUT2D eigenvalue weighted by Gasteiger charge is -2.22. The normalized spacial score (nSPS) is 11.5. The highest BCUT2D eigenvalue weighted by atomic mass is 32.2. The van der Waals surface area contributed by atoms with E-state index < -0.39 is 4.92 Å².